The number of ether oxygens (including phenoxy) is 2. The number of carbonyl (C=O) groups is 1. The summed E-state index contributed by atoms with van der Waals surface area (Å²) >= 11 is 0. The number of anilines is 1. The predicted molar refractivity (Wildman–Crippen MR) is 112 cm³/mol. The first kappa shape index (κ1) is 23.0. The second-order valence-electron chi connectivity index (χ2n) is 6.56. The van der Waals surface area contributed by atoms with Gasteiger partial charge in [-0.3, -0.25) is 9.52 Å². The lowest BCUT2D eigenvalue weighted by atomic mass is 10.1. The molecular weight excluding hydrogens is 444 g/mol. The standard InChI is InChI=1S/C22H19F2NO6S/c23-18-5-3-6-19(24)22(18)32(28,29)25-16-8-10-17(11-9-16)30-12-13-31-20-7-2-1-4-15(20)14-21(26)27/h1-11,25H,12-14H2,(H,26,27). The van der Waals surface area contributed by atoms with E-state index in [1.54, 1.807) is 24.3 Å². The number of sulfonamides is 1. The average molecular weight is 463 g/mol. The summed E-state index contributed by atoms with van der Waals surface area (Å²) in [5.41, 5.74) is 0.641. The molecule has 0 fully saturated rings. The van der Waals surface area contributed by atoms with Gasteiger partial charge in [-0.2, -0.15) is 0 Å². The number of benzene rings is 3. The van der Waals surface area contributed by atoms with Gasteiger partial charge < -0.3 is 14.6 Å². The first-order valence-corrected chi connectivity index (χ1v) is 10.9. The molecule has 0 atom stereocenters. The highest BCUT2D eigenvalue weighted by molar-refractivity contribution is 7.92. The quantitative estimate of drug-likeness (QED) is 0.443. The fraction of sp³-hybridized carbons (Fsp3) is 0.136. The van der Waals surface area contributed by atoms with Gasteiger partial charge in [0.15, 0.2) is 4.90 Å². The number of hydrogen-bond donors (Lipinski definition) is 2. The molecule has 0 aliphatic carbocycles. The normalized spacial score (nSPS) is 11.1. The minimum absolute atomic E-state index is 0.0962. The molecule has 0 unspecified atom stereocenters. The second-order valence-corrected chi connectivity index (χ2v) is 8.18. The zero-order valence-corrected chi connectivity index (χ0v) is 17.4. The molecule has 3 aromatic carbocycles. The number of nitrogens with one attached hydrogen (secondary N) is 1. The Morgan fingerprint density at radius 1 is 0.875 bits per heavy atom. The third-order valence-electron chi connectivity index (χ3n) is 4.22. The van der Waals surface area contributed by atoms with Gasteiger partial charge in [-0.25, -0.2) is 17.2 Å². The molecule has 3 aromatic rings. The van der Waals surface area contributed by atoms with Crippen LogP contribution >= 0.6 is 0 Å². The molecule has 0 heterocycles. The zero-order valence-electron chi connectivity index (χ0n) is 16.6. The fourth-order valence-electron chi connectivity index (χ4n) is 2.83. The van der Waals surface area contributed by atoms with E-state index in [4.69, 9.17) is 14.6 Å². The first-order chi connectivity index (χ1) is 15.3. The first-order valence-electron chi connectivity index (χ1n) is 9.38. The van der Waals surface area contributed by atoms with E-state index in [1.807, 2.05) is 0 Å². The third kappa shape index (κ3) is 5.94. The molecule has 7 nitrogen and oxygen atoms in total. The van der Waals surface area contributed by atoms with Crippen LogP contribution in [0, 0.1) is 11.6 Å². The van der Waals surface area contributed by atoms with Gasteiger partial charge in [0.1, 0.15) is 36.3 Å². The van der Waals surface area contributed by atoms with Crippen molar-refractivity contribution in [1.29, 1.82) is 0 Å². The maximum absolute atomic E-state index is 13.8. The van der Waals surface area contributed by atoms with Crippen molar-refractivity contribution in [2.45, 2.75) is 11.3 Å². The van der Waals surface area contributed by atoms with E-state index in [2.05, 4.69) is 4.72 Å². The van der Waals surface area contributed by atoms with Crippen molar-refractivity contribution in [1.82, 2.24) is 0 Å². The zero-order chi connectivity index (χ0) is 23.1. The Morgan fingerprint density at radius 2 is 1.50 bits per heavy atom. The largest absolute Gasteiger partial charge is 0.490 e. The number of rotatable bonds is 10. The summed E-state index contributed by atoms with van der Waals surface area (Å²) in [6.45, 7) is 0.296. The topological polar surface area (TPSA) is 102 Å². The SMILES string of the molecule is O=C(O)Cc1ccccc1OCCOc1ccc(NS(=O)(=O)c2c(F)cccc2F)cc1. The smallest absolute Gasteiger partial charge is 0.307 e. The van der Waals surface area contributed by atoms with Gasteiger partial charge >= 0.3 is 5.97 Å². The van der Waals surface area contributed by atoms with Crippen LogP contribution in [0.5, 0.6) is 11.5 Å². The van der Waals surface area contributed by atoms with Gasteiger partial charge in [-0.05, 0) is 42.5 Å². The summed E-state index contributed by atoms with van der Waals surface area (Å²) in [6, 6.07) is 15.3. The maximum Gasteiger partial charge on any atom is 0.307 e. The lowest BCUT2D eigenvalue weighted by molar-refractivity contribution is -0.136. The lowest BCUT2D eigenvalue weighted by Gasteiger charge is -2.12. The van der Waals surface area contributed by atoms with Gasteiger partial charge in [0.05, 0.1) is 6.42 Å². The van der Waals surface area contributed by atoms with E-state index in [-0.39, 0.29) is 25.3 Å². The summed E-state index contributed by atoms with van der Waals surface area (Å²) in [5.74, 6) is -2.49. The van der Waals surface area contributed by atoms with E-state index >= 15 is 0 Å². The van der Waals surface area contributed by atoms with E-state index < -0.39 is 32.5 Å². The Kier molecular flexibility index (Phi) is 7.26. The van der Waals surface area contributed by atoms with Crippen molar-refractivity contribution in [3.63, 3.8) is 0 Å². The average Bonchev–Trinajstić information content (AvgIpc) is 2.72. The highest BCUT2D eigenvalue weighted by atomic mass is 32.2. The molecule has 0 bridgehead atoms. The Labute approximate surface area is 183 Å². The molecule has 0 spiro atoms. The molecule has 0 aliphatic rings. The molecule has 3 rings (SSSR count). The van der Waals surface area contributed by atoms with Gasteiger partial charge in [-0.1, -0.05) is 24.3 Å². The molecule has 2 N–H and O–H groups in total. The molecule has 10 heteroatoms. The molecular formula is C22H19F2NO6S. The van der Waals surface area contributed by atoms with Crippen LogP contribution in [-0.4, -0.2) is 32.7 Å². The van der Waals surface area contributed by atoms with Crippen molar-refractivity contribution in [2.24, 2.45) is 0 Å². The number of carboxylic acid groups (broad SMARTS) is 1. The number of para-hydroxylation sites is 1. The number of hydrogen-bond acceptors (Lipinski definition) is 5. The minimum Gasteiger partial charge on any atom is -0.490 e. The van der Waals surface area contributed by atoms with Crippen LogP contribution < -0.4 is 14.2 Å². The second kappa shape index (κ2) is 10.1. The van der Waals surface area contributed by atoms with Crippen molar-refractivity contribution in [3.05, 3.63) is 83.9 Å². The van der Waals surface area contributed by atoms with Gasteiger partial charge in [0.2, 0.25) is 0 Å². The van der Waals surface area contributed by atoms with Crippen molar-refractivity contribution in [3.8, 4) is 11.5 Å². The molecule has 168 valence electrons. The Hall–Kier alpha value is -3.66. The molecule has 0 amide bonds. The van der Waals surface area contributed by atoms with E-state index in [0.717, 1.165) is 18.2 Å². The van der Waals surface area contributed by atoms with E-state index in [9.17, 15) is 22.0 Å². The van der Waals surface area contributed by atoms with Gasteiger partial charge in [0.25, 0.3) is 10.0 Å². The highest BCUT2D eigenvalue weighted by Crippen LogP contribution is 2.23. The van der Waals surface area contributed by atoms with Crippen molar-refractivity contribution >= 4 is 21.7 Å². The molecule has 0 radical (unpaired) electrons. The monoisotopic (exact) mass is 463 g/mol. The van der Waals surface area contributed by atoms with Crippen molar-refractivity contribution in [2.75, 3.05) is 17.9 Å². The molecule has 0 saturated carbocycles. The van der Waals surface area contributed by atoms with Gasteiger partial charge in [-0.15, -0.1) is 0 Å². The van der Waals surface area contributed by atoms with Crippen LogP contribution in [0.25, 0.3) is 0 Å². The summed E-state index contributed by atoms with van der Waals surface area (Å²) in [4.78, 5) is 9.85. The summed E-state index contributed by atoms with van der Waals surface area (Å²) < 4.78 is 65.3. The molecule has 0 saturated heterocycles. The lowest BCUT2D eigenvalue weighted by Crippen LogP contribution is -2.16. The van der Waals surface area contributed by atoms with Crippen LogP contribution in [0.15, 0.2) is 71.6 Å². The number of aliphatic carboxylic acids is 1. The van der Waals surface area contributed by atoms with E-state index in [1.165, 1.54) is 24.3 Å². The van der Waals surface area contributed by atoms with Crippen LogP contribution in [0.1, 0.15) is 5.56 Å². The van der Waals surface area contributed by atoms with E-state index in [0.29, 0.717) is 17.1 Å². The minimum atomic E-state index is -4.45. The van der Waals surface area contributed by atoms with Crippen LogP contribution in [-0.2, 0) is 21.2 Å². The molecule has 32 heavy (non-hydrogen) atoms. The Morgan fingerprint density at radius 3 is 2.16 bits per heavy atom. The predicted octanol–water partition coefficient (Wildman–Crippen LogP) is 3.85. The summed E-state index contributed by atoms with van der Waals surface area (Å²) in [5, 5.41) is 8.94. The van der Waals surface area contributed by atoms with Crippen molar-refractivity contribution < 1.29 is 36.6 Å². The molecule has 0 aromatic heterocycles. The third-order valence-corrected chi connectivity index (χ3v) is 5.65. The number of halogens is 2. The van der Waals surface area contributed by atoms with Crippen LogP contribution in [0.3, 0.4) is 0 Å². The molecule has 0 aliphatic heterocycles. The summed E-state index contributed by atoms with van der Waals surface area (Å²) in [6.07, 6.45) is -0.162. The Balaban J connectivity index is 1.55. The maximum atomic E-state index is 13.8. The number of carboxylic acids is 1. The Bertz CT molecular complexity index is 1180. The van der Waals surface area contributed by atoms with Gasteiger partial charge in [0, 0.05) is 11.3 Å². The van der Waals surface area contributed by atoms with Crippen LogP contribution in [0.2, 0.25) is 0 Å². The summed E-state index contributed by atoms with van der Waals surface area (Å²) in [7, 11) is -4.45. The van der Waals surface area contributed by atoms with Crippen LogP contribution in [0.4, 0.5) is 14.5 Å². The highest BCUT2D eigenvalue weighted by Gasteiger charge is 2.23. The fourth-order valence-corrected chi connectivity index (χ4v) is 4.03.